The summed E-state index contributed by atoms with van der Waals surface area (Å²) in [7, 11) is 3.21. The van der Waals surface area contributed by atoms with E-state index in [0.717, 1.165) is 39.0 Å². The van der Waals surface area contributed by atoms with Crippen molar-refractivity contribution in [2.45, 2.75) is 49.0 Å². The van der Waals surface area contributed by atoms with E-state index in [2.05, 4.69) is 39.1 Å². The summed E-state index contributed by atoms with van der Waals surface area (Å²) in [6, 6.07) is 27.1. The van der Waals surface area contributed by atoms with Gasteiger partial charge in [0.15, 0.2) is 11.5 Å². The molecule has 7 N–H and O–H groups in total. The molecule has 4 aromatic carbocycles. The van der Waals surface area contributed by atoms with E-state index in [1.165, 1.54) is 23.8 Å². The van der Waals surface area contributed by atoms with Crippen molar-refractivity contribution in [3.05, 3.63) is 114 Å². The van der Waals surface area contributed by atoms with Gasteiger partial charge in [0, 0.05) is 28.2 Å². The number of nitrogens with zero attached hydrogens (tertiary/aromatic N) is 4. The fourth-order valence-corrected chi connectivity index (χ4v) is 4.07. The third kappa shape index (κ3) is 13.0. The zero-order chi connectivity index (χ0) is 33.2. The van der Waals surface area contributed by atoms with Gasteiger partial charge in [0.2, 0.25) is 0 Å². The van der Waals surface area contributed by atoms with E-state index in [4.69, 9.17) is 26.8 Å². The molecule has 0 aliphatic carbocycles. The smallest absolute Gasteiger partial charge is 0.162 e. The molecule has 48 heavy (non-hydrogen) atoms. The second kappa shape index (κ2) is 24.2. The third-order valence-corrected chi connectivity index (χ3v) is 6.48. The van der Waals surface area contributed by atoms with Gasteiger partial charge in [-0.25, -0.2) is 19.9 Å². The number of nitrogen functional groups attached to an aromatic ring is 1. The summed E-state index contributed by atoms with van der Waals surface area (Å²) in [4.78, 5) is 16.7. The minimum absolute atomic E-state index is 0. The highest BCUT2D eigenvalue weighted by atomic mass is 35.5. The predicted molar refractivity (Wildman–Crippen MR) is 204 cm³/mol. The highest BCUT2D eigenvalue weighted by Crippen LogP contribution is 2.34. The van der Waals surface area contributed by atoms with E-state index in [0.29, 0.717) is 16.7 Å². The van der Waals surface area contributed by atoms with E-state index < -0.39 is 0 Å². The predicted octanol–water partition coefficient (Wildman–Crippen LogP) is 8.60. The Morgan fingerprint density at radius 2 is 1.10 bits per heavy atom. The summed E-state index contributed by atoms with van der Waals surface area (Å²) in [6.07, 6.45) is 3.01. The van der Waals surface area contributed by atoms with Gasteiger partial charge in [0.05, 0.1) is 25.3 Å². The Morgan fingerprint density at radius 3 is 1.62 bits per heavy atom. The first kappa shape index (κ1) is 45.1. The van der Waals surface area contributed by atoms with Gasteiger partial charge in [-0.2, -0.15) is 0 Å². The number of aromatic nitrogens is 4. The van der Waals surface area contributed by atoms with Crippen molar-refractivity contribution in [2.75, 3.05) is 25.3 Å². The van der Waals surface area contributed by atoms with Crippen LogP contribution in [-0.4, -0.2) is 45.1 Å². The van der Waals surface area contributed by atoms with Crippen molar-refractivity contribution < 1.29 is 20.4 Å². The van der Waals surface area contributed by atoms with Crippen LogP contribution in [-0.2, 0) is 0 Å². The van der Waals surface area contributed by atoms with Crippen LogP contribution in [0.3, 0.4) is 0 Å². The molecule has 0 radical (unpaired) electrons. The molecule has 0 aliphatic heterocycles. The number of ether oxygens (including phenoxy) is 2. The lowest BCUT2D eigenvalue weighted by Crippen LogP contribution is -1.97. The van der Waals surface area contributed by atoms with Crippen molar-refractivity contribution in [1.82, 2.24) is 19.9 Å². The average Bonchev–Trinajstić information content (AvgIpc) is 3.08. The fraction of sp³-hybridized carbons (Fsp3) is 0.243. The monoisotopic (exact) mass is 678 g/mol. The molecule has 6 rings (SSSR count). The molecule has 0 aliphatic rings. The van der Waals surface area contributed by atoms with Crippen LogP contribution in [0.1, 0.15) is 46.2 Å². The molecule has 260 valence electrons. The molecule has 0 amide bonds. The molecule has 2 aromatic heterocycles. The van der Waals surface area contributed by atoms with E-state index in [9.17, 15) is 0 Å². The highest BCUT2D eigenvalue weighted by Gasteiger charge is 2.11. The van der Waals surface area contributed by atoms with E-state index in [1.807, 2.05) is 113 Å². The van der Waals surface area contributed by atoms with Crippen molar-refractivity contribution in [1.29, 1.82) is 0 Å². The van der Waals surface area contributed by atoms with Crippen molar-refractivity contribution >= 4 is 50.6 Å². The van der Waals surface area contributed by atoms with E-state index in [1.54, 1.807) is 14.2 Å². The first-order chi connectivity index (χ1) is 21.9. The van der Waals surface area contributed by atoms with Crippen LogP contribution < -0.4 is 20.5 Å². The first-order valence-corrected chi connectivity index (χ1v) is 15.1. The molecule has 11 heteroatoms. The maximum absolute atomic E-state index is 5.93. The summed E-state index contributed by atoms with van der Waals surface area (Å²) < 4.78 is 10.6. The third-order valence-electron chi connectivity index (χ3n) is 6.18. The van der Waals surface area contributed by atoms with Crippen molar-refractivity contribution in [2.24, 2.45) is 0 Å². The second-order valence-corrected chi connectivity index (χ2v) is 9.32. The van der Waals surface area contributed by atoms with Gasteiger partial charge in [0.25, 0.3) is 0 Å². The molecule has 0 saturated carbocycles. The number of benzene rings is 4. The molecule has 0 unspecified atom stereocenters. The Kier molecular flexibility index (Phi) is 22.7. The van der Waals surface area contributed by atoms with Gasteiger partial charge in [-0.05, 0) is 67.4 Å². The zero-order valence-electron chi connectivity index (χ0n) is 28.3. The van der Waals surface area contributed by atoms with Crippen molar-refractivity contribution in [3.8, 4) is 11.5 Å². The van der Waals surface area contributed by atoms with Crippen LogP contribution in [0, 0.1) is 13.8 Å². The molecular formula is C37H51ClN6O4. The summed E-state index contributed by atoms with van der Waals surface area (Å²) in [6.45, 7) is 12.1. The largest absolute Gasteiger partial charge is 0.493 e. The zero-order valence-corrected chi connectivity index (χ0v) is 29.1. The minimum atomic E-state index is 0. The summed E-state index contributed by atoms with van der Waals surface area (Å²) >= 11 is 5.93. The molecule has 6 aromatic rings. The second-order valence-electron chi connectivity index (χ2n) is 8.97. The van der Waals surface area contributed by atoms with E-state index >= 15 is 0 Å². The Balaban J connectivity index is 0. The number of methoxy groups -OCH3 is 2. The van der Waals surface area contributed by atoms with Gasteiger partial charge in [0.1, 0.15) is 23.6 Å². The molecule has 0 spiro atoms. The highest BCUT2D eigenvalue weighted by molar-refractivity contribution is 6.34. The maximum atomic E-state index is 5.93. The molecule has 0 fully saturated rings. The first-order valence-electron chi connectivity index (χ1n) is 14.8. The molecule has 10 nitrogen and oxygen atoms in total. The van der Waals surface area contributed by atoms with Crippen LogP contribution in [0.5, 0.6) is 11.5 Å². The number of rotatable bonds is 4. The number of halogens is 1. The number of aryl methyl sites for hydroxylation is 2. The normalized spacial score (nSPS) is 8.94. The Bertz CT molecular complexity index is 1740. The molecule has 0 atom stereocenters. The van der Waals surface area contributed by atoms with Gasteiger partial charge in [-0.1, -0.05) is 83.1 Å². The van der Waals surface area contributed by atoms with Crippen LogP contribution in [0.15, 0.2) is 97.6 Å². The molecular weight excluding hydrogens is 628 g/mol. The standard InChI is InChI=1S/C16H15N3O2.C10H9ClN2.C6H7N.2C2H6.CH4.2H2O/c1-20-14-8-12-13(9-15(14)21-2)17-10-18-16(12)19-11-6-4-3-5-7-11;1-6-3-8-9(4-7(6)2)12-5-13-10(8)11;7-6-4-2-1-3-5-6;2*1-2;;;/h3-10H,1-2H3,(H,17,18,19);3-5H,1-2H3;1-5H,7H2;2*1-2H3;1H4;2*1H2. The minimum Gasteiger partial charge on any atom is -0.493 e. The van der Waals surface area contributed by atoms with Crippen LogP contribution in [0.25, 0.3) is 21.8 Å². The SMILES string of the molecule is C.CC.CC.COc1cc2ncnc(Nc3ccccc3)c2cc1OC.Cc1cc2ncnc(Cl)c2cc1C.Nc1ccccc1.O.O. The fourth-order valence-electron chi connectivity index (χ4n) is 3.88. The lowest BCUT2D eigenvalue weighted by atomic mass is 10.1. The summed E-state index contributed by atoms with van der Waals surface area (Å²) in [5.41, 5.74) is 11.3. The van der Waals surface area contributed by atoms with Crippen LogP contribution in [0.4, 0.5) is 17.2 Å². The Labute approximate surface area is 290 Å². The number of nitrogens with two attached hydrogens (primary N) is 1. The van der Waals surface area contributed by atoms with Gasteiger partial charge in [-0.3, -0.25) is 0 Å². The van der Waals surface area contributed by atoms with Crippen LogP contribution >= 0.6 is 11.6 Å². The maximum Gasteiger partial charge on any atom is 0.162 e. The number of hydrogen-bond donors (Lipinski definition) is 2. The molecule has 0 bridgehead atoms. The number of fused-ring (bicyclic) bond motifs is 2. The van der Waals surface area contributed by atoms with Gasteiger partial charge >= 0.3 is 0 Å². The Morgan fingerprint density at radius 1 is 0.625 bits per heavy atom. The number of para-hydroxylation sites is 2. The molecule has 2 heterocycles. The summed E-state index contributed by atoms with van der Waals surface area (Å²) in [5.74, 6) is 2.03. The van der Waals surface area contributed by atoms with E-state index in [-0.39, 0.29) is 18.4 Å². The van der Waals surface area contributed by atoms with Crippen molar-refractivity contribution in [3.63, 3.8) is 0 Å². The quantitative estimate of drug-likeness (QED) is 0.138. The number of anilines is 3. The summed E-state index contributed by atoms with van der Waals surface area (Å²) in [5, 5.41) is 5.61. The lowest BCUT2D eigenvalue weighted by Gasteiger charge is -2.12. The number of hydrogen-bond acceptors (Lipinski definition) is 8. The van der Waals surface area contributed by atoms with Gasteiger partial charge in [-0.15, -0.1) is 0 Å². The Hall–Kier alpha value is -5.03. The van der Waals surface area contributed by atoms with Crippen LogP contribution in [0.2, 0.25) is 5.15 Å². The molecule has 0 saturated heterocycles. The number of nitrogens with one attached hydrogen (secondary N) is 1. The lowest BCUT2D eigenvalue weighted by molar-refractivity contribution is 0.356. The topological polar surface area (TPSA) is 171 Å². The average molecular weight is 679 g/mol. The van der Waals surface area contributed by atoms with Gasteiger partial charge < -0.3 is 31.5 Å².